The number of nitrogens with one attached hydrogen (secondary N) is 1. The van der Waals surface area contributed by atoms with E-state index in [4.69, 9.17) is 4.74 Å². The lowest BCUT2D eigenvalue weighted by atomic mass is 9.94. The third kappa shape index (κ3) is 2.95. The van der Waals surface area contributed by atoms with Gasteiger partial charge in [0.2, 0.25) is 0 Å². The van der Waals surface area contributed by atoms with Crippen LogP contribution in [0.4, 0.5) is 5.82 Å². The van der Waals surface area contributed by atoms with Crippen LogP contribution in [0.1, 0.15) is 32.4 Å². The van der Waals surface area contributed by atoms with E-state index < -0.39 is 0 Å². The Kier molecular flexibility index (Phi) is 3.15. The van der Waals surface area contributed by atoms with Crippen LogP contribution in [0.3, 0.4) is 0 Å². The van der Waals surface area contributed by atoms with Crippen molar-refractivity contribution in [1.82, 2.24) is 4.98 Å². The van der Waals surface area contributed by atoms with Crippen molar-refractivity contribution in [2.75, 3.05) is 11.9 Å². The molecule has 16 heavy (non-hydrogen) atoms. The van der Waals surface area contributed by atoms with E-state index in [0.717, 1.165) is 31.0 Å². The van der Waals surface area contributed by atoms with Crippen molar-refractivity contribution in [3.8, 4) is 0 Å². The second-order valence-electron chi connectivity index (χ2n) is 5.11. The minimum atomic E-state index is -0.0141. The van der Waals surface area contributed by atoms with Gasteiger partial charge in [-0.05, 0) is 45.7 Å². The zero-order valence-corrected chi connectivity index (χ0v) is 10.3. The van der Waals surface area contributed by atoms with Gasteiger partial charge in [-0.15, -0.1) is 0 Å². The minimum Gasteiger partial charge on any atom is -0.375 e. The van der Waals surface area contributed by atoms with Gasteiger partial charge in [-0.3, -0.25) is 0 Å². The molecule has 88 valence electrons. The molecule has 3 heteroatoms. The largest absolute Gasteiger partial charge is 0.375 e. The maximum atomic E-state index is 5.70. The van der Waals surface area contributed by atoms with Crippen LogP contribution in [0.2, 0.25) is 0 Å². The van der Waals surface area contributed by atoms with Crippen LogP contribution in [-0.4, -0.2) is 23.2 Å². The monoisotopic (exact) mass is 220 g/mol. The van der Waals surface area contributed by atoms with E-state index in [1.807, 2.05) is 25.1 Å². The Bertz CT molecular complexity index is 363. The fraction of sp³-hybridized carbons (Fsp3) is 0.615. The van der Waals surface area contributed by atoms with Gasteiger partial charge < -0.3 is 10.1 Å². The van der Waals surface area contributed by atoms with Crippen molar-refractivity contribution < 1.29 is 4.74 Å². The lowest BCUT2D eigenvalue weighted by molar-refractivity contribution is -0.0553. The van der Waals surface area contributed by atoms with E-state index in [9.17, 15) is 0 Å². The smallest absolute Gasteiger partial charge is 0.126 e. The summed E-state index contributed by atoms with van der Waals surface area (Å²) in [4.78, 5) is 4.46. The predicted octanol–water partition coefficient (Wildman–Crippen LogP) is 2.76. The lowest BCUT2D eigenvalue weighted by Crippen LogP contribution is -2.40. The van der Waals surface area contributed by atoms with Gasteiger partial charge in [0.1, 0.15) is 5.82 Å². The van der Waals surface area contributed by atoms with Crippen molar-refractivity contribution in [3.63, 3.8) is 0 Å². The number of rotatable bonds is 2. The molecule has 0 spiro atoms. The van der Waals surface area contributed by atoms with Crippen molar-refractivity contribution >= 4 is 5.82 Å². The molecule has 1 aromatic rings. The number of anilines is 1. The van der Waals surface area contributed by atoms with Gasteiger partial charge >= 0.3 is 0 Å². The Morgan fingerprint density at radius 2 is 2.25 bits per heavy atom. The molecule has 1 fully saturated rings. The van der Waals surface area contributed by atoms with Crippen molar-refractivity contribution in [3.05, 3.63) is 23.9 Å². The van der Waals surface area contributed by atoms with Crippen molar-refractivity contribution in [2.24, 2.45) is 0 Å². The molecule has 1 aromatic heterocycles. The van der Waals surface area contributed by atoms with Crippen LogP contribution >= 0.6 is 0 Å². The van der Waals surface area contributed by atoms with Gasteiger partial charge in [-0.25, -0.2) is 4.98 Å². The van der Waals surface area contributed by atoms with Gasteiger partial charge in [0.25, 0.3) is 0 Å². The Morgan fingerprint density at radius 3 is 2.94 bits per heavy atom. The number of hydrogen-bond donors (Lipinski definition) is 1. The number of hydrogen-bond acceptors (Lipinski definition) is 3. The van der Waals surface area contributed by atoms with Crippen molar-refractivity contribution in [1.29, 1.82) is 0 Å². The molecule has 1 unspecified atom stereocenters. The van der Waals surface area contributed by atoms with Crippen LogP contribution in [0.5, 0.6) is 0 Å². The highest BCUT2D eigenvalue weighted by Gasteiger charge is 2.28. The van der Waals surface area contributed by atoms with E-state index in [-0.39, 0.29) is 5.60 Å². The number of aryl methyl sites for hydroxylation is 1. The average Bonchev–Trinajstić information content (AvgIpc) is 2.15. The standard InChI is InChI=1S/C13H20N2O/c1-10-5-4-6-12(14-10)15-11-7-8-16-13(2,3)9-11/h4-6,11H,7-9H2,1-3H3,(H,14,15). The summed E-state index contributed by atoms with van der Waals surface area (Å²) in [5.74, 6) is 0.975. The third-order valence-electron chi connectivity index (χ3n) is 2.94. The van der Waals surface area contributed by atoms with E-state index in [0.29, 0.717) is 6.04 Å². The zero-order valence-electron chi connectivity index (χ0n) is 10.3. The molecule has 0 aromatic carbocycles. The first-order valence-corrected chi connectivity index (χ1v) is 5.89. The summed E-state index contributed by atoms with van der Waals surface area (Å²) in [7, 11) is 0. The maximum absolute atomic E-state index is 5.70. The molecule has 0 aliphatic carbocycles. The van der Waals surface area contributed by atoms with Crippen molar-refractivity contribution in [2.45, 2.75) is 45.3 Å². The second kappa shape index (κ2) is 4.42. The molecule has 1 atom stereocenters. The van der Waals surface area contributed by atoms with E-state index in [2.05, 4.69) is 24.1 Å². The van der Waals surface area contributed by atoms with E-state index in [1.54, 1.807) is 0 Å². The third-order valence-corrected chi connectivity index (χ3v) is 2.94. The summed E-state index contributed by atoms with van der Waals surface area (Å²) >= 11 is 0. The zero-order chi connectivity index (χ0) is 11.6. The second-order valence-corrected chi connectivity index (χ2v) is 5.11. The topological polar surface area (TPSA) is 34.1 Å². The van der Waals surface area contributed by atoms with Crippen LogP contribution < -0.4 is 5.32 Å². The molecule has 0 radical (unpaired) electrons. The first-order valence-electron chi connectivity index (χ1n) is 5.89. The molecule has 0 saturated carbocycles. The van der Waals surface area contributed by atoms with Gasteiger partial charge in [-0.1, -0.05) is 6.07 Å². The van der Waals surface area contributed by atoms with Crippen LogP contribution in [0.15, 0.2) is 18.2 Å². The van der Waals surface area contributed by atoms with Gasteiger partial charge in [0.15, 0.2) is 0 Å². The minimum absolute atomic E-state index is 0.0141. The highest BCUT2D eigenvalue weighted by Crippen LogP contribution is 2.25. The van der Waals surface area contributed by atoms with Gasteiger partial charge in [-0.2, -0.15) is 0 Å². The molecule has 3 nitrogen and oxygen atoms in total. The molecule has 0 bridgehead atoms. The van der Waals surface area contributed by atoms with Crippen LogP contribution in [-0.2, 0) is 4.74 Å². The number of pyridine rings is 1. The normalized spacial score (nSPS) is 24.1. The van der Waals surface area contributed by atoms with Gasteiger partial charge in [0, 0.05) is 18.3 Å². The molecule has 2 heterocycles. The molecule has 1 N–H and O–H groups in total. The quantitative estimate of drug-likeness (QED) is 0.832. The highest BCUT2D eigenvalue weighted by atomic mass is 16.5. The number of ether oxygens (including phenoxy) is 1. The summed E-state index contributed by atoms with van der Waals surface area (Å²) in [5, 5.41) is 3.49. The highest BCUT2D eigenvalue weighted by molar-refractivity contribution is 5.36. The predicted molar refractivity (Wildman–Crippen MR) is 65.6 cm³/mol. The Hall–Kier alpha value is -1.09. The van der Waals surface area contributed by atoms with E-state index in [1.165, 1.54) is 0 Å². The summed E-state index contributed by atoms with van der Waals surface area (Å²) in [6.45, 7) is 7.13. The maximum Gasteiger partial charge on any atom is 0.126 e. The fourth-order valence-electron chi connectivity index (χ4n) is 2.19. The molecule has 0 amide bonds. The van der Waals surface area contributed by atoms with Crippen LogP contribution in [0, 0.1) is 6.92 Å². The average molecular weight is 220 g/mol. The Balaban J connectivity index is 1.99. The van der Waals surface area contributed by atoms with E-state index >= 15 is 0 Å². The molecular weight excluding hydrogens is 200 g/mol. The first kappa shape index (κ1) is 11.4. The molecule has 1 aliphatic heterocycles. The molecule has 1 saturated heterocycles. The van der Waals surface area contributed by atoms with Gasteiger partial charge in [0.05, 0.1) is 5.60 Å². The molecular formula is C13H20N2O. The Labute approximate surface area is 97.2 Å². The Morgan fingerprint density at radius 1 is 1.44 bits per heavy atom. The number of aromatic nitrogens is 1. The first-order chi connectivity index (χ1) is 7.55. The SMILES string of the molecule is Cc1cccc(NC2CCOC(C)(C)C2)n1. The van der Waals surface area contributed by atoms with Crippen LogP contribution in [0.25, 0.3) is 0 Å². The lowest BCUT2D eigenvalue weighted by Gasteiger charge is -2.36. The summed E-state index contributed by atoms with van der Waals surface area (Å²) < 4.78 is 5.70. The summed E-state index contributed by atoms with van der Waals surface area (Å²) in [6.07, 6.45) is 2.08. The molecule has 1 aliphatic rings. The fourth-order valence-corrected chi connectivity index (χ4v) is 2.19. The number of nitrogens with zero attached hydrogens (tertiary/aromatic N) is 1. The summed E-state index contributed by atoms with van der Waals surface area (Å²) in [5.41, 5.74) is 1.04. The summed E-state index contributed by atoms with van der Waals surface area (Å²) in [6, 6.07) is 6.54. The molecule has 2 rings (SSSR count).